The molecular weight excluding hydrogens is 260 g/mol. The zero-order valence-electron chi connectivity index (χ0n) is 11.0. The van der Waals surface area contributed by atoms with Crippen LogP contribution in [-0.4, -0.2) is 5.33 Å². The number of hydrogen-bond donors (Lipinski definition) is 0. The van der Waals surface area contributed by atoms with Crippen LogP contribution in [0.15, 0.2) is 12.2 Å². The summed E-state index contributed by atoms with van der Waals surface area (Å²) in [5.41, 5.74) is 0. The van der Waals surface area contributed by atoms with Crippen LogP contribution in [-0.2, 0) is 0 Å². The first-order valence-electron chi connectivity index (χ1n) is 7.12. The third kappa shape index (κ3) is 14.2. The van der Waals surface area contributed by atoms with Gasteiger partial charge in [0.15, 0.2) is 0 Å². The zero-order valence-corrected chi connectivity index (χ0v) is 12.6. The molecule has 1 heteroatoms. The molecule has 0 rings (SSSR count). The van der Waals surface area contributed by atoms with E-state index in [9.17, 15) is 0 Å². The smallest absolute Gasteiger partial charge is 0.00313 e. The molecule has 0 unspecified atom stereocenters. The Morgan fingerprint density at radius 1 is 0.688 bits per heavy atom. The molecule has 0 aromatic rings. The first kappa shape index (κ1) is 16.2. The van der Waals surface area contributed by atoms with E-state index in [4.69, 9.17) is 0 Å². The number of allylic oxidation sites excluding steroid dienone is 2. The molecule has 0 aliphatic heterocycles. The SMILES string of the molecule is CCCC/C=C/CCCCCCCCCBr. The molecule has 0 bridgehead atoms. The van der Waals surface area contributed by atoms with Gasteiger partial charge in [-0.05, 0) is 25.7 Å². The molecule has 0 radical (unpaired) electrons. The van der Waals surface area contributed by atoms with Gasteiger partial charge in [-0.25, -0.2) is 0 Å². The van der Waals surface area contributed by atoms with Crippen LogP contribution in [0.5, 0.6) is 0 Å². The maximum Gasteiger partial charge on any atom is 0.00313 e. The fourth-order valence-electron chi connectivity index (χ4n) is 1.80. The van der Waals surface area contributed by atoms with Crippen LogP contribution in [0.25, 0.3) is 0 Å². The van der Waals surface area contributed by atoms with Crippen LogP contribution in [0.3, 0.4) is 0 Å². The average Bonchev–Trinajstić information content (AvgIpc) is 2.31. The molecule has 0 aromatic carbocycles. The minimum absolute atomic E-state index is 1.18. The maximum absolute atomic E-state index is 3.47. The molecule has 0 spiro atoms. The van der Waals surface area contributed by atoms with Gasteiger partial charge in [-0.2, -0.15) is 0 Å². The summed E-state index contributed by atoms with van der Waals surface area (Å²) in [5.74, 6) is 0. The van der Waals surface area contributed by atoms with E-state index in [2.05, 4.69) is 35.0 Å². The highest BCUT2D eigenvalue weighted by Gasteiger charge is 1.90. The topological polar surface area (TPSA) is 0 Å². The molecule has 0 aromatic heterocycles. The quantitative estimate of drug-likeness (QED) is 0.226. The van der Waals surface area contributed by atoms with E-state index in [-0.39, 0.29) is 0 Å². The summed E-state index contributed by atoms with van der Waals surface area (Å²) in [6.07, 6.45) is 19.8. The molecule has 0 nitrogen and oxygen atoms in total. The Bertz CT molecular complexity index is 140. The summed E-state index contributed by atoms with van der Waals surface area (Å²) >= 11 is 3.47. The number of alkyl halides is 1. The minimum atomic E-state index is 1.18. The van der Waals surface area contributed by atoms with Crippen LogP contribution < -0.4 is 0 Å². The second kappa shape index (κ2) is 15.2. The normalized spacial score (nSPS) is 11.4. The summed E-state index contributed by atoms with van der Waals surface area (Å²) < 4.78 is 0. The highest BCUT2D eigenvalue weighted by atomic mass is 79.9. The molecule has 0 fully saturated rings. The van der Waals surface area contributed by atoms with Gasteiger partial charge in [0.2, 0.25) is 0 Å². The van der Waals surface area contributed by atoms with Gasteiger partial charge >= 0.3 is 0 Å². The van der Waals surface area contributed by atoms with Gasteiger partial charge in [-0.15, -0.1) is 0 Å². The molecule has 0 atom stereocenters. The lowest BCUT2D eigenvalue weighted by molar-refractivity contribution is 0.594. The van der Waals surface area contributed by atoms with E-state index in [1.54, 1.807) is 0 Å². The van der Waals surface area contributed by atoms with E-state index in [0.29, 0.717) is 0 Å². The summed E-state index contributed by atoms with van der Waals surface area (Å²) in [5, 5.41) is 1.18. The predicted molar refractivity (Wildman–Crippen MR) is 79.4 cm³/mol. The summed E-state index contributed by atoms with van der Waals surface area (Å²) in [7, 11) is 0. The van der Waals surface area contributed by atoms with Gasteiger partial charge in [-0.3, -0.25) is 0 Å². The number of halogens is 1. The summed E-state index contributed by atoms with van der Waals surface area (Å²) in [6.45, 7) is 2.25. The molecule has 0 heterocycles. The Morgan fingerprint density at radius 3 is 1.75 bits per heavy atom. The third-order valence-corrected chi connectivity index (χ3v) is 3.46. The van der Waals surface area contributed by atoms with Gasteiger partial charge in [0.05, 0.1) is 0 Å². The first-order chi connectivity index (χ1) is 7.91. The largest absolute Gasteiger partial charge is 0.0928 e. The van der Waals surface area contributed by atoms with Gasteiger partial charge < -0.3 is 0 Å². The lowest BCUT2D eigenvalue weighted by atomic mass is 10.1. The van der Waals surface area contributed by atoms with E-state index in [1.807, 2.05) is 0 Å². The van der Waals surface area contributed by atoms with Gasteiger partial charge in [0.1, 0.15) is 0 Å². The predicted octanol–water partition coefficient (Wildman–Crippen LogP) is 6.25. The van der Waals surface area contributed by atoms with Crippen molar-refractivity contribution < 1.29 is 0 Å². The van der Waals surface area contributed by atoms with Crippen LogP contribution in [0, 0.1) is 0 Å². The second-order valence-corrected chi connectivity index (χ2v) is 5.36. The summed E-state index contributed by atoms with van der Waals surface area (Å²) in [4.78, 5) is 0. The number of hydrogen-bond acceptors (Lipinski definition) is 0. The molecule has 96 valence electrons. The van der Waals surface area contributed by atoms with E-state index < -0.39 is 0 Å². The van der Waals surface area contributed by atoms with Crippen LogP contribution >= 0.6 is 15.9 Å². The minimum Gasteiger partial charge on any atom is -0.0928 e. The monoisotopic (exact) mass is 288 g/mol. The molecule has 0 amide bonds. The molecule has 16 heavy (non-hydrogen) atoms. The van der Waals surface area contributed by atoms with Crippen molar-refractivity contribution in [3.05, 3.63) is 12.2 Å². The molecule has 0 saturated heterocycles. The Kier molecular flexibility index (Phi) is 15.4. The molecule has 0 saturated carbocycles. The van der Waals surface area contributed by atoms with E-state index >= 15 is 0 Å². The Balaban J connectivity index is 2.95. The second-order valence-electron chi connectivity index (χ2n) is 4.57. The molecule has 0 aliphatic carbocycles. The van der Waals surface area contributed by atoms with Crippen molar-refractivity contribution in [3.8, 4) is 0 Å². The molecular formula is C15H29Br. The lowest BCUT2D eigenvalue weighted by Gasteiger charge is -1.99. The van der Waals surface area contributed by atoms with Gasteiger partial charge in [-0.1, -0.05) is 80.0 Å². The van der Waals surface area contributed by atoms with Crippen molar-refractivity contribution >= 4 is 15.9 Å². The van der Waals surface area contributed by atoms with Crippen molar-refractivity contribution in [3.63, 3.8) is 0 Å². The van der Waals surface area contributed by atoms with Crippen molar-refractivity contribution in [1.29, 1.82) is 0 Å². The van der Waals surface area contributed by atoms with Gasteiger partial charge in [0.25, 0.3) is 0 Å². The van der Waals surface area contributed by atoms with Gasteiger partial charge in [0, 0.05) is 5.33 Å². The van der Waals surface area contributed by atoms with Crippen LogP contribution in [0.4, 0.5) is 0 Å². The van der Waals surface area contributed by atoms with Crippen molar-refractivity contribution in [1.82, 2.24) is 0 Å². The number of unbranched alkanes of at least 4 members (excludes halogenated alkanes) is 9. The fourth-order valence-corrected chi connectivity index (χ4v) is 2.19. The first-order valence-corrected chi connectivity index (χ1v) is 8.25. The third-order valence-electron chi connectivity index (χ3n) is 2.90. The zero-order chi connectivity index (χ0) is 11.9. The summed E-state index contributed by atoms with van der Waals surface area (Å²) in [6, 6.07) is 0. The van der Waals surface area contributed by atoms with Crippen LogP contribution in [0.1, 0.15) is 77.6 Å². The Morgan fingerprint density at radius 2 is 1.19 bits per heavy atom. The Hall–Kier alpha value is 0.220. The maximum atomic E-state index is 3.47. The van der Waals surface area contributed by atoms with Crippen molar-refractivity contribution in [2.75, 3.05) is 5.33 Å². The fraction of sp³-hybridized carbons (Fsp3) is 0.867. The van der Waals surface area contributed by atoms with Crippen molar-refractivity contribution in [2.24, 2.45) is 0 Å². The number of rotatable bonds is 12. The van der Waals surface area contributed by atoms with Crippen LogP contribution in [0.2, 0.25) is 0 Å². The lowest BCUT2D eigenvalue weighted by Crippen LogP contribution is -1.80. The average molecular weight is 289 g/mol. The Labute approximate surface area is 111 Å². The van der Waals surface area contributed by atoms with E-state index in [0.717, 1.165) is 0 Å². The standard InChI is InChI=1S/C15H29Br/c1-2-3-4-5-6-7-8-9-10-11-12-13-14-15-16/h5-6H,2-4,7-15H2,1H3/b6-5+. The van der Waals surface area contributed by atoms with Crippen molar-refractivity contribution in [2.45, 2.75) is 77.6 Å². The highest BCUT2D eigenvalue weighted by molar-refractivity contribution is 9.09. The highest BCUT2D eigenvalue weighted by Crippen LogP contribution is 2.09. The van der Waals surface area contributed by atoms with E-state index in [1.165, 1.54) is 76.0 Å². The molecule has 0 aliphatic rings. The molecule has 0 N–H and O–H groups in total.